The van der Waals surface area contributed by atoms with E-state index in [0.29, 0.717) is 33.8 Å². The van der Waals surface area contributed by atoms with E-state index in [1.807, 2.05) is 24.3 Å². The summed E-state index contributed by atoms with van der Waals surface area (Å²) in [6.07, 6.45) is 0.325. The first-order valence-corrected chi connectivity index (χ1v) is 9.13. The van der Waals surface area contributed by atoms with Crippen molar-refractivity contribution in [3.05, 3.63) is 53.6 Å². The van der Waals surface area contributed by atoms with E-state index < -0.39 is 0 Å². The van der Waals surface area contributed by atoms with Gasteiger partial charge in [-0.1, -0.05) is 35.5 Å². The lowest BCUT2D eigenvalue weighted by atomic mass is 10.3. The number of nitrogens with one attached hydrogen (secondary N) is 1. The van der Waals surface area contributed by atoms with Crippen molar-refractivity contribution in [1.82, 2.24) is 20.2 Å². The lowest BCUT2D eigenvalue weighted by Gasteiger charge is -2.09. The first-order chi connectivity index (χ1) is 12.7. The molecule has 0 unspecified atom stereocenters. The Kier molecular flexibility index (Phi) is 6.08. The SMILES string of the molecule is COc1ccccc1-n1nnnc1SCCC(=O)Nc1ccc(Cl)cc1. The second-order valence-corrected chi connectivity index (χ2v) is 6.70. The van der Waals surface area contributed by atoms with E-state index >= 15 is 0 Å². The van der Waals surface area contributed by atoms with E-state index in [0.717, 1.165) is 5.69 Å². The van der Waals surface area contributed by atoms with Crippen LogP contribution in [0.25, 0.3) is 5.69 Å². The molecule has 2 aromatic carbocycles. The fourth-order valence-electron chi connectivity index (χ4n) is 2.22. The molecule has 3 rings (SSSR count). The number of hydrogen-bond acceptors (Lipinski definition) is 6. The molecule has 1 aromatic heterocycles. The fraction of sp³-hybridized carbons (Fsp3) is 0.176. The third-order valence-corrected chi connectivity index (χ3v) is 4.62. The predicted molar refractivity (Wildman–Crippen MR) is 101 cm³/mol. The maximum absolute atomic E-state index is 12.0. The summed E-state index contributed by atoms with van der Waals surface area (Å²) in [5.41, 5.74) is 1.45. The number of halogens is 1. The van der Waals surface area contributed by atoms with Gasteiger partial charge in [-0.05, 0) is 46.8 Å². The summed E-state index contributed by atoms with van der Waals surface area (Å²) in [4.78, 5) is 12.0. The van der Waals surface area contributed by atoms with Crippen LogP contribution in [-0.4, -0.2) is 39.0 Å². The van der Waals surface area contributed by atoms with Crippen molar-refractivity contribution in [2.75, 3.05) is 18.2 Å². The van der Waals surface area contributed by atoms with E-state index in [4.69, 9.17) is 16.3 Å². The Hall–Kier alpha value is -2.58. The third-order valence-electron chi connectivity index (χ3n) is 3.44. The monoisotopic (exact) mass is 389 g/mol. The standard InChI is InChI=1S/C17H16ClN5O2S/c1-25-15-5-3-2-4-14(15)23-17(20-21-22-23)26-11-10-16(24)19-13-8-6-12(18)7-9-13/h2-9H,10-11H2,1H3,(H,19,24). The number of thioether (sulfide) groups is 1. The molecule has 0 aliphatic rings. The van der Waals surface area contributed by atoms with E-state index in [-0.39, 0.29) is 5.91 Å². The Labute approximate surface area is 159 Å². The smallest absolute Gasteiger partial charge is 0.225 e. The highest BCUT2D eigenvalue weighted by molar-refractivity contribution is 7.99. The third kappa shape index (κ3) is 4.53. The van der Waals surface area contributed by atoms with Crippen LogP contribution >= 0.6 is 23.4 Å². The van der Waals surface area contributed by atoms with Crippen LogP contribution in [0.4, 0.5) is 5.69 Å². The molecule has 0 aliphatic heterocycles. The number of anilines is 1. The number of nitrogens with zero attached hydrogens (tertiary/aromatic N) is 4. The van der Waals surface area contributed by atoms with Crippen LogP contribution in [0.15, 0.2) is 53.7 Å². The maximum atomic E-state index is 12.0. The zero-order valence-electron chi connectivity index (χ0n) is 13.9. The number of benzene rings is 2. The van der Waals surface area contributed by atoms with Gasteiger partial charge >= 0.3 is 0 Å². The Balaban J connectivity index is 1.58. The molecule has 26 heavy (non-hydrogen) atoms. The molecule has 1 N–H and O–H groups in total. The summed E-state index contributed by atoms with van der Waals surface area (Å²) >= 11 is 7.23. The van der Waals surface area contributed by atoms with Gasteiger partial charge in [0.2, 0.25) is 11.1 Å². The van der Waals surface area contributed by atoms with Gasteiger partial charge in [0.25, 0.3) is 0 Å². The molecule has 0 radical (unpaired) electrons. The molecule has 9 heteroatoms. The van der Waals surface area contributed by atoms with Crippen LogP contribution in [-0.2, 0) is 4.79 Å². The van der Waals surface area contributed by atoms with Crippen LogP contribution in [0.1, 0.15) is 6.42 Å². The lowest BCUT2D eigenvalue weighted by molar-refractivity contribution is -0.115. The van der Waals surface area contributed by atoms with Gasteiger partial charge in [0, 0.05) is 22.9 Å². The van der Waals surface area contributed by atoms with Crippen LogP contribution in [0, 0.1) is 0 Å². The van der Waals surface area contributed by atoms with E-state index in [2.05, 4.69) is 20.8 Å². The van der Waals surface area contributed by atoms with Gasteiger partial charge in [0.15, 0.2) is 0 Å². The van der Waals surface area contributed by atoms with Crippen molar-refractivity contribution < 1.29 is 9.53 Å². The van der Waals surface area contributed by atoms with Gasteiger partial charge < -0.3 is 10.1 Å². The van der Waals surface area contributed by atoms with Crippen molar-refractivity contribution in [3.8, 4) is 11.4 Å². The van der Waals surface area contributed by atoms with Crippen molar-refractivity contribution in [2.24, 2.45) is 0 Å². The zero-order valence-corrected chi connectivity index (χ0v) is 15.5. The Bertz CT molecular complexity index is 885. The minimum atomic E-state index is -0.0869. The Morgan fingerprint density at radius 3 is 2.77 bits per heavy atom. The average molecular weight is 390 g/mol. The number of aromatic nitrogens is 4. The minimum Gasteiger partial charge on any atom is -0.494 e. The molecule has 0 atom stereocenters. The van der Waals surface area contributed by atoms with Gasteiger partial charge in [-0.25, -0.2) is 0 Å². The molecular formula is C17H16ClN5O2S. The fourth-order valence-corrected chi connectivity index (χ4v) is 3.16. The molecule has 0 bridgehead atoms. The Morgan fingerprint density at radius 1 is 1.23 bits per heavy atom. The Morgan fingerprint density at radius 2 is 2.00 bits per heavy atom. The van der Waals surface area contributed by atoms with Crippen LogP contribution < -0.4 is 10.1 Å². The summed E-state index contributed by atoms with van der Waals surface area (Å²) in [5.74, 6) is 1.12. The number of amides is 1. The van der Waals surface area contributed by atoms with E-state index in [1.165, 1.54) is 11.8 Å². The van der Waals surface area contributed by atoms with Gasteiger partial charge in [0.05, 0.1) is 7.11 Å². The molecule has 7 nitrogen and oxygen atoms in total. The normalized spacial score (nSPS) is 10.5. The predicted octanol–water partition coefficient (Wildman–Crippen LogP) is 3.45. The summed E-state index contributed by atoms with van der Waals surface area (Å²) in [7, 11) is 1.59. The lowest BCUT2D eigenvalue weighted by Crippen LogP contribution is -2.12. The van der Waals surface area contributed by atoms with Crippen molar-refractivity contribution in [3.63, 3.8) is 0 Å². The number of hydrogen-bond donors (Lipinski definition) is 1. The highest BCUT2D eigenvalue weighted by Gasteiger charge is 2.13. The van der Waals surface area contributed by atoms with Crippen LogP contribution in [0.5, 0.6) is 5.75 Å². The van der Waals surface area contributed by atoms with Crippen molar-refractivity contribution in [1.29, 1.82) is 0 Å². The summed E-state index contributed by atoms with van der Waals surface area (Å²) in [5, 5.41) is 15.8. The molecule has 0 saturated heterocycles. The van der Waals surface area contributed by atoms with Crippen molar-refractivity contribution >= 4 is 35.0 Å². The number of carbonyl (C=O) groups excluding carboxylic acids is 1. The first-order valence-electron chi connectivity index (χ1n) is 7.77. The number of rotatable bonds is 7. The maximum Gasteiger partial charge on any atom is 0.225 e. The average Bonchev–Trinajstić information content (AvgIpc) is 3.12. The molecule has 134 valence electrons. The summed E-state index contributed by atoms with van der Waals surface area (Å²) < 4.78 is 6.94. The summed E-state index contributed by atoms with van der Waals surface area (Å²) in [6.45, 7) is 0. The molecular weight excluding hydrogens is 374 g/mol. The second kappa shape index (κ2) is 8.68. The zero-order chi connectivity index (χ0) is 18.4. The molecule has 0 fully saturated rings. The highest BCUT2D eigenvalue weighted by Crippen LogP contribution is 2.25. The van der Waals surface area contributed by atoms with E-state index in [1.54, 1.807) is 36.1 Å². The van der Waals surface area contributed by atoms with Gasteiger partial charge in [0.1, 0.15) is 11.4 Å². The number of ether oxygens (including phenoxy) is 1. The number of carbonyl (C=O) groups is 1. The minimum absolute atomic E-state index is 0.0869. The molecule has 0 aliphatic carbocycles. The summed E-state index contributed by atoms with van der Waals surface area (Å²) in [6, 6.07) is 14.4. The first kappa shape index (κ1) is 18.2. The molecule has 3 aromatic rings. The van der Waals surface area contributed by atoms with Crippen LogP contribution in [0.3, 0.4) is 0 Å². The highest BCUT2D eigenvalue weighted by atomic mass is 35.5. The van der Waals surface area contributed by atoms with Gasteiger partial charge in [-0.15, -0.1) is 5.10 Å². The number of tetrazole rings is 1. The van der Waals surface area contributed by atoms with E-state index in [9.17, 15) is 4.79 Å². The second-order valence-electron chi connectivity index (χ2n) is 5.20. The van der Waals surface area contributed by atoms with Gasteiger partial charge in [-0.3, -0.25) is 4.79 Å². The molecule has 1 heterocycles. The number of para-hydroxylation sites is 2. The molecule has 0 saturated carbocycles. The van der Waals surface area contributed by atoms with Crippen molar-refractivity contribution in [2.45, 2.75) is 11.6 Å². The molecule has 0 spiro atoms. The molecule has 1 amide bonds. The number of methoxy groups -OCH3 is 1. The quantitative estimate of drug-likeness (QED) is 0.623. The largest absolute Gasteiger partial charge is 0.494 e. The topological polar surface area (TPSA) is 81.9 Å². The van der Waals surface area contributed by atoms with Crippen LogP contribution in [0.2, 0.25) is 5.02 Å². The van der Waals surface area contributed by atoms with Gasteiger partial charge in [-0.2, -0.15) is 4.68 Å².